The SMILES string of the molecule is CNC(C)(C#N)CCCCN(C)C1CCCCC1. The fourth-order valence-electron chi connectivity index (χ4n) is 2.78. The van der Waals surface area contributed by atoms with E-state index in [1.165, 1.54) is 45.1 Å². The number of hydrogen-bond acceptors (Lipinski definition) is 3. The normalized spacial score (nSPS) is 20.6. The smallest absolute Gasteiger partial charge is 0.103 e. The van der Waals surface area contributed by atoms with Crippen LogP contribution < -0.4 is 5.32 Å². The van der Waals surface area contributed by atoms with Crippen LogP contribution in [0.25, 0.3) is 0 Å². The fourth-order valence-corrected chi connectivity index (χ4v) is 2.78. The van der Waals surface area contributed by atoms with E-state index in [1.54, 1.807) is 0 Å². The highest BCUT2D eigenvalue weighted by atomic mass is 15.1. The largest absolute Gasteiger partial charge is 0.303 e. The van der Waals surface area contributed by atoms with Crippen LogP contribution in [0.15, 0.2) is 0 Å². The Morgan fingerprint density at radius 1 is 1.28 bits per heavy atom. The van der Waals surface area contributed by atoms with Crippen molar-refractivity contribution in [3.63, 3.8) is 0 Å². The minimum absolute atomic E-state index is 0.344. The van der Waals surface area contributed by atoms with E-state index in [2.05, 4.69) is 23.3 Å². The lowest BCUT2D eigenvalue weighted by Gasteiger charge is -2.31. The van der Waals surface area contributed by atoms with Gasteiger partial charge in [0.15, 0.2) is 0 Å². The van der Waals surface area contributed by atoms with E-state index in [1.807, 2.05) is 14.0 Å². The summed E-state index contributed by atoms with van der Waals surface area (Å²) < 4.78 is 0. The third-order valence-electron chi connectivity index (χ3n) is 4.43. The maximum atomic E-state index is 9.07. The van der Waals surface area contributed by atoms with Crippen molar-refractivity contribution in [1.29, 1.82) is 5.26 Å². The van der Waals surface area contributed by atoms with Crippen LogP contribution in [0.3, 0.4) is 0 Å². The van der Waals surface area contributed by atoms with E-state index in [9.17, 15) is 0 Å². The van der Waals surface area contributed by atoms with Gasteiger partial charge in [0.2, 0.25) is 0 Å². The molecule has 3 nitrogen and oxygen atoms in total. The van der Waals surface area contributed by atoms with Gasteiger partial charge in [-0.3, -0.25) is 0 Å². The molecule has 1 atom stereocenters. The highest BCUT2D eigenvalue weighted by molar-refractivity contribution is 5.02. The van der Waals surface area contributed by atoms with Gasteiger partial charge >= 0.3 is 0 Å². The van der Waals surface area contributed by atoms with E-state index in [0.29, 0.717) is 0 Å². The Balaban J connectivity index is 2.15. The van der Waals surface area contributed by atoms with E-state index in [4.69, 9.17) is 5.26 Å². The zero-order valence-corrected chi connectivity index (χ0v) is 12.3. The summed E-state index contributed by atoms with van der Waals surface area (Å²) in [5.41, 5.74) is -0.344. The molecule has 1 saturated carbocycles. The first-order valence-corrected chi connectivity index (χ1v) is 7.42. The summed E-state index contributed by atoms with van der Waals surface area (Å²) in [6.07, 6.45) is 10.3. The average molecular weight is 251 g/mol. The van der Waals surface area contributed by atoms with Crippen molar-refractivity contribution in [3.8, 4) is 6.07 Å². The van der Waals surface area contributed by atoms with Crippen molar-refractivity contribution in [1.82, 2.24) is 10.2 Å². The predicted octanol–water partition coefficient (Wildman–Crippen LogP) is 2.92. The summed E-state index contributed by atoms with van der Waals surface area (Å²) in [6.45, 7) is 3.16. The molecule has 0 radical (unpaired) electrons. The Labute approximate surface area is 113 Å². The molecule has 1 unspecified atom stereocenters. The molecule has 0 bridgehead atoms. The standard InChI is InChI=1S/C15H29N3/c1-15(13-16,17-2)11-7-8-12-18(3)14-9-5-4-6-10-14/h14,17H,4-12H2,1-3H3. The van der Waals surface area contributed by atoms with Crippen LogP contribution in [0.5, 0.6) is 0 Å². The minimum atomic E-state index is -0.344. The summed E-state index contributed by atoms with van der Waals surface area (Å²) in [6, 6.07) is 3.17. The summed E-state index contributed by atoms with van der Waals surface area (Å²) >= 11 is 0. The van der Waals surface area contributed by atoms with Gasteiger partial charge in [-0.1, -0.05) is 19.3 Å². The number of unbranched alkanes of at least 4 members (excludes halogenated alkanes) is 1. The number of nitrogens with one attached hydrogen (secondary N) is 1. The van der Waals surface area contributed by atoms with Crippen molar-refractivity contribution < 1.29 is 0 Å². The van der Waals surface area contributed by atoms with Crippen molar-refractivity contribution in [2.24, 2.45) is 0 Å². The molecular weight excluding hydrogens is 222 g/mol. The number of hydrogen-bond donors (Lipinski definition) is 1. The molecule has 0 saturated heterocycles. The maximum absolute atomic E-state index is 9.07. The third-order valence-corrected chi connectivity index (χ3v) is 4.43. The van der Waals surface area contributed by atoms with E-state index in [0.717, 1.165) is 18.9 Å². The van der Waals surface area contributed by atoms with Crippen LogP contribution >= 0.6 is 0 Å². The van der Waals surface area contributed by atoms with Gasteiger partial charge in [0.25, 0.3) is 0 Å². The van der Waals surface area contributed by atoms with Crippen LogP contribution in [0, 0.1) is 11.3 Å². The quantitative estimate of drug-likeness (QED) is 0.707. The van der Waals surface area contributed by atoms with Crippen LogP contribution in [0.4, 0.5) is 0 Å². The van der Waals surface area contributed by atoms with Crippen LogP contribution in [-0.2, 0) is 0 Å². The molecule has 1 fully saturated rings. The van der Waals surface area contributed by atoms with Gasteiger partial charge in [0.05, 0.1) is 6.07 Å². The molecule has 0 aliphatic heterocycles. The van der Waals surface area contributed by atoms with Crippen molar-refractivity contribution in [3.05, 3.63) is 0 Å². The first kappa shape index (κ1) is 15.5. The second-order valence-electron chi connectivity index (χ2n) is 5.92. The molecule has 0 aromatic rings. The second kappa shape index (κ2) is 7.76. The molecule has 18 heavy (non-hydrogen) atoms. The van der Waals surface area contributed by atoms with Crippen LogP contribution in [0.1, 0.15) is 58.3 Å². The van der Waals surface area contributed by atoms with Gasteiger partial charge in [-0.15, -0.1) is 0 Å². The summed E-state index contributed by atoms with van der Waals surface area (Å²) in [5.74, 6) is 0. The van der Waals surface area contributed by atoms with E-state index >= 15 is 0 Å². The minimum Gasteiger partial charge on any atom is -0.303 e. The molecule has 0 spiro atoms. The Hall–Kier alpha value is -0.590. The fraction of sp³-hybridized carbons (Fsp3) is 0.933. The zero-order valence-electron chi connectivity index (χ0n) is 12.3. The van der Waals surface area contributed by atoms with Gasteiger partial charge in [-0.2, -0.15) is 5.26 Å². The molecule has 1 aliphatic rings. The summed E-state index contributed by atoms with van der Waals surface area (Å²) in [4.78, 5) is 2.53. The maximum Gasteiger partial charge on any atom is 0.103 e. The summed E-state index contributed by atoms with van der Waals surface area (Å²) in [7, 11) is 4.13. The third kappa shape index (κ3) is 4.96. The van der Waals surface area contributed by atoms with Crippen LogP contribution in [-0.4, -0.2) is 37.1 Å². The van der Waals surface area contributed by atoms with Crippen molar-refractivity contribution in [2.45, 2.75) is 69.9 Å². The van der Waals surface area contributed by atoms with E-state index in [-0.39, 0.29) is 5.54 Å². The Morgan fingerprint density at radius 2 is 1.94 bits per heavy atom. The van der Waals surface area contributed by atoms with Crippen molar-refractivity contribution >= 4 is 0 Å². The molecule has 104 valence electrons. The monoisotopic (exact) mass is 251 g/mol. The average Bonchev–Trinajstić information content (AvgIpc) is 2.44. The molecule has 0 amide bonds. The Kier molecular flexibility index (Phi) is 6.67. The highest BCUT2D eigenvalue weighted by Crippen LogP contribution is 2.22. The first-order valence-electron chi connectivity index (χ1n) is 7.42. The van der Waals surface area contributed by atoms with Crippen LogP contribution in [0.2, 0.25) is 0 Å². The highest BCUT2D eigenvalue weighted by Gasteiger charge is 2.21. The van der Waals surface area contributed by atoms with Gasteiger partial charge < -0.3 is 10.2 Å². The molecule has 0 heterocycles. The van der Waals surface area contributed by atoms with Gasteiger partial charge in [-0.25, -0.2) is 0 Å². The first-order chi connectivity index (χ1) is 8.61. The number of rotatable bonds is 7. The van der Waals surface area contributed by atoms with Gasteiger partial charge in [-0.05, 0) is 59.7 Å². The van der Waals surface area contributed by atoms with E-state index < -0.39 is 0 Å². The molecule has 0 aromatic carbocycles. The summed E-state index contributed by atoms with van der Waals surface area (Å²) in [5, 5.41) is 12.2. The van der Waals surface area contributed by atoms with Gasteiger partial charge in [0, 0.05) is 6.04 Å². The number of nitriles is 1. The Morgan fingerprint density at radius 3 is 2.50 bits per heavy atom. The topological polar surface area (TPSA) is 39.1 Å². The van der Waals surface area contributed by atoms with Gasteiger partial charge in [0.1, 0.15) is 5.54 Å². The Bertz CT molecular complexity index is 265. The molecule has 1 aliphatic carbocycles. The lowest BCUT2D eigenvalue weighted by molar-refractivity contribution is 0.187. The molecule has 0 aromatic heterocycles. The number of nitrogens with zero attached hydrogens (tertiary/aromatic N) is 2. The molecule has 1 N–H and O–H groups in total. The molecule has 1 rings (SSSR count). The van der Waals surface area contributed by atoms with Crippen molar-refractivity contribution in [2.75, 3.05) is 20.6 Å². The zero-order chi connectivity index (χ0) is 13.4. The predicted molar refractivity (Wildman–Crippen MR) is 76.4 cm³/mol. The second-order valence-corrected chi connectivity index (χ2v) is 5.92. The lowest BCUT2D eigenvalue weighted by atomic mass is 9.94. The lowest BCUT2D eigenvalue weighted by Crippen LogP contribution is -2.38. The molecule has 3 heteroatoms. The molecular formula is C15H29N3.